The first kappa shape index (κ1) is 18.0. The average Bonchev–Trinajstić information content (AvgIpc) is 2.53. The smallest absolute Gasteiger partial charge is 0.185 e. The predicted molar refractivity (Wildman–Crippen MR) is 91.5 cm³/mol. The number of carboxylic acid groups (broad SMARTS) is 1. The molecule has 0 amide bonds. The Morgan fingerprint density at radius 1 is 1.17 bits per heavy atom. The Morgan fingerprint density at radius 3 is 2.54 bits per heavy atom. The highest BCUT2D eigenvalue weighted by atomic mass is 35.5. The highest BCUT2D eigenvalue weighted by molar-refractivity contribution is 6.35. The van der Waals surface area contributed by atoms with Crippen molar-refractivity contribution in [2.24, 2.45) is 0 Å². The quantitative estimate of drug-likeness (QED) is 0.583. The van der Waals surface area contributed by atoms with Crippen LogP contribution in [0.2, 0.25) is 10.0 Å². The van der Waals surface area contributed by atoms with Crippen molar-refractivity contribution < 1.29 is 19.4 Å². The maximum atomic E-state index is 12.3. The molecule has 0 unspecified atom stereocenters. The highest BCUT2D eigenvalue weighted by Crippen LogP contribution is 2.23. The molecule has 124 valence electrons. The third-order valence-corrected chi connectivity index (χ3v) is 3.84. The van der Waals surface area contributed by atoms with Gasteiger partial charge in [-0.25, -0.2) is 0 Å². The van der Waals surface area contributed by atoms with Gasteiger partial charge in [-0.1, -0.05) is 29.3 Å². The van der Waals surface area contributed by atoms with E-state index in [0.717, 1.165) is 0 Å². The number of methoxy groups -OCH3 is 1. The minimum atomic E-state index is -1.25. The van der Waals surface area contributed by atoms with Gasteiger partial charge in [0.05, 0.1) is 7.11 Å². The van der Waals surface area contributed by atoms with Gasteiger partial charge in [0.2, 0.25) is 0 Å². The van der Waals surface area contributed by atoms with Gasteiger partial charge < -0.3 is 14.6 Å². The molecule has 2 aromatic rings. The molecule has 2 rings (SSSR count). The number of rotatable bonds is 6. The van der Waals surface area contributed by atoms with E-state index in [1.165, 1.54) is 19.3 Å². The molecule has 2 aromatic carbocycles. The van der Waals surface area contributed by atoms with Crippen molar-refractivity contribution >= 4 is 41.0 Å². The van der Waals surface area contributed by atoms with Crippen LogP contribution in [0.4, 0.5) is 0 Å². The van der Waals surface area contributed by atoms with E-state index in [2.05, 4.69) is 0 Å². The molecular formula is C18H13Cl2O4-. The van der Waals surface area contributed by atoms with Crippen LogP contribution in [0.1, 0.15) is 21.5 Å². The number of hydrogen-bond donors (Lipinski definition) is 0. The summed E-state index contributed by atoms with van der Waals surface area (Å²) in [6, 6.07) is 9.54. The number of halogens is 2. The summed E-state index contributed by atoms with van der Waals surface area (Å²) in [5.41, 5.74) is 1.37. The van der Waals surface area contributed by atoms with Crippen LogP contribution in [0.3, 0.4) is 0 Å². The van der Waals surface area contributed by atoms with Crippen LogP contribution >= 0.6 is 23.2 Å². The topological polar surface area (TPSA) is 66.4 Å². The van der Waals surface area contributed by atoms with Gasteiger partial charge >= 0.3 is 0 Å². The van der Waals surface area contributed by atoms with Crippen molar-refractivity contribution in [3.63, 3.8) is 0 Å². The van der Waals surface area contributed by atoms with Crippen LogP contribution in [0, 0.1) is 0 Å². The van der Waals surface area contributed by atoms with Crippen LogP contribution in [0.5, 0.6) is 5.75 Å². The third-order valence-electron chi connectivity index (χ3n) is 3.28. The zero-order chi connectivity index (χ0) is 17.7. The molecule has 6 heteroatoms. The minimum absolute atomic E-state index is 0.289. The number of aliphatic carboxylic acids is 1. The van der Waals surface area contributed by atoms with Crippen molar-refractivity contribution in [1.82, 2.24) is 0 Å². The number of benzene rings is 2. The van der Waals surface area contributed by atoms with E-state index in [9.17, 15) is 14.7 Å². The van der Waals surface area contributed by atoms with Gasteiger partial charge in [-0.2, -0.15) is 0 Å². The number of ketones is 1. The zero-order valence-corrected chi connectivity index (χ0v) is 14.2. The molecule has 0 bridgehead atoms. The highest BCUT2D eigenvalue weighted by Gasteiger charge is 2.09. The zero-order valence-electron chi connectivity index (χ0n) is 12.7. The lowest BCUT2D eigenvalue weighted by Crippen LogP contribution is -2.24. The summed E-state index contributed by atoms with van der Waals surface area (Å²) in [4.78, 5) is 23.1. The van der Waals surface area contributed by atoms with Crippen molar-refractivity contribution in [3.05, 3.63) is 69.2 Å². The Morgan fingerprint density at radius 2 is 1.92 bits per heavy atom. The molecule has 0 heterocycles. The minimum Gasteiger partial charge on any atom is -0.550 e. The van der Waals surface area contributed by atoms with Crippen molar-refractivity contribution in [2.75, 3.05) is 7.11 Å². The van der Waals surface area contributed by atoms with E-state index in [4.69, 9.17) is 27.9 Å². The van der Waals surface area contributed by atoms with Gasteiger partial charge in [0.1, 0.15) is 5.75 Å². The molecule has 0 saturated carbocycles. The van der Waals surface area contributed by atoms with Crippen LogP contribution in [-0.2, 0) is 11.2 Å². The Labute approximate surface area is 149 Å². The fourth-order valence-corrected chi connectivity index (χ4v) is 2.60. The van der Waals surface area contributed by atoms with E-state index in [-0.39, 0.29) is 12.2 Å². The lowest BCUT2D eigenvalue weighted by atomic mass is 10.0. The summed E-state index contributed by atoms with van der Waals surface area (Å²) in [6.07, 6.45) is 2.60. The summed E-state index contributed by atoms with van der Waals surface area (Å²) < 4.78 is 5.09. The molecule has 24 heavy (non-hydrogen) atoms. The Balaban J connectivity index is 2.26. The Hall–Kier alpha value is -2.30. The van der Waals surface area contributed by atoms with E-state index in [1.807, 2.05) is 0 Å². The van der Waals surface area contributed by atoms with E-state index >= 15 is 0 Å². The van der Waals surface area contributed by atoms with E-state index in [0.29, 0.717) is 32.5 Å². The van der Waals surface area contributed by atoms with Crippen molar-refractivity contribution in [3.8, 4) is 5.75 Å². The van der Waals surface area contributed by atoms with Gasteiger partial charge in [0.15, 0.2) is 5.78 Å². The van der Waals surface area contributed by atoms with Gasteiger partial charge in [-0.15, -0.1) is 0 Å². The van der Waals surface area contributed by atoms with E-state index < -0.39 is 5.97 Å². The second kappa shape index (κ2) is 7.99. The first-order chi connectivity index (χ1) is 11.4. The Bertz CT molecular complexity index is 813. The Kier molecular flexibility index (Phi) is 6.01. The second-order valence-electron chi connectivity index (χ2n) is 4.94. The normalized spacial score (nSPS) is 10.8. The number of carboxylic acids is 1. The maximum absolute atomic E-state index is 12.3. The fraction of sp³-hybridized carbons (Fsp3) is 0.111. The molecule has 0 aliphatic rings. The summed E-state index contributed by atoms with van der Waals surface area (Å²) in [5, 5.41) is 11.7. The molecule has 4 nitrogen and oxygen atoms in total. The molecular weight excluding hydrogens is 351 g/mol. The van der Waals surface area contributed by atoms with E-state index in [1.54, 1.807) is 36.4 Å². The third kappa shape index (κ3) is 4.60. The number of ether oxygens (including phenoxy) is 1. The molecule has 0 saturated heterocycles. The molecule has 0 fully saturated rings. The summed E-state index contributed by atoms with van der Waals surface area (Å²) >= 11 is 11.9. The molecule has 0 atom stereocenters. The maximum Gasteiger partial charge on any atom is 0.185 e. The van der Waals surface area contributed by atoms with Gasteiger partial charge in [-0.3, -0.25) is 4.79 Å². The fourth-order valence-electron chi connectivity index (χ4n) is 2.12. The van der Waals surface area contributed by atoms with Gasteiger partial charge in [0.25, 0.3) is 0 Å². The van der Waals surface area contributed by atoms with Crippen molar-refractivity contribution in [2.45, 2.75) is 6.42 Å². The monoisotopic (exact) mass is 363 g/mol. The summed E-state index contributed by atoms with van der Waals surface area (Å²) in [5.74, 6) is -1.15. The lowest BCUT2D eigenvalue weighted by molar-refractivity contribution is -0.304. The van der Waals surface area contributed by atoms with Gasteiger partial charge in [0, 0.05) is 33.6 Å². The first-order valence-electron chi connectivity index (χ1n) is 6.95. The number of allylic oxidation sites excluding steroid dienone is 1. The second-order valence-corrected chi connectivity index (χ2v) is 5.78. The molecule has 0 aliphatic heterocycles. The molecule has 0 N–H and O–H groups in total. The molecule has 0 aromatic heterocycles. The predicted octanol–water partition coefficient (Wildman–Crippen LogP) is 3.19. The molecule has 0 spiro atoms. The summed E-state index contributed by atoms with van der Waals surface area (Å²) in [6.45, 7) is 0. The van der Waals surface area contributed by atoms with Crippen LogP contribution in [-0.4, -0.2) is 18.9 Å². The molecule has 0 aliphatic carbocycles. The average molecular weight is 364 g/mol. The standard InChI is InChI=1S/C18H14Cl2O4/c1-24-17-7-4-12(8-13(17)9-18(22)23)16(21)6-3-11-2-5-14(19)10-15(11)20/h2-8,10H,9H2,1H3,(H,22,23)/p-1/b6-3+. The number of carbonyl (C=O) groups is 2. The lowest BCUT2D eigenvalue weighted by Gasteiger charge is -2.10. The first-order valence-corrected chi connectivity index (χ1v) is 7.70. The number of carbonyl (C=O) groups excluding carboxylic acids is 2. The van der Waals surface area contributed by atoms with Crippen LogP contribution < -0.4 is 9.84 Å². The van der Waals surface area contributed by atoms with Crippen LogP contribution in [0.15, 0.2) is 42.5 Å². The SMILES string of the molecule is COc1ccc(C(=O)/C=C/c2ccc(Cl)cc2Cl)cc1CC(=O)[O-]. The van der Waals surface area contributed by atoms with Crippen LogP contribution in [0.25, 0.3) is 6.08 Å². The van der Waals surface area contributed by atoms with Gasteiger partial charge in [-0.05, 0) is 48.0 Å². The summed E-state index contributed by atoms with van der Waals surface area (Å²) in [7, 11) is 1.43. The largest absolute Gasteiger partial charge is 0.550 e. The number of hydrogen-bond acceptors (Lipinski definition) is 4. The molecule has 0 radical (unpaired) electrons. The van der Waals surface area contributed by atoms with Crippen molar-refractivity contribution in [1.29, 1.82) is 0 Å².